The first kappa shape index (κ1) is 18.4. The van der Waals surface area contributed by atoms with Crippen LogP contribution in [0.2, 0.25) is 0 Å². The quantitative estimate of drug-likeness (QED) is 0.755. The largest absolute Gasteiger partial charge is 0.354 e. The number of aromatic nitrogens is 3. The Bertz CT molecular complexity index is 950. The summed E-state index contributed by atoms with van der Waals surface area (Å²) in [6.45, 7) is 7.35. The molecule has 0 bridgehead atoms. The zero-order valence-corrected chi connectivity index (χ0v) is 16.8. The average molecular weight is 397 g/mol. The molecule has 3 aliphatic heterocycles. The molecule has 2 saturated heterocycles. The first-order chi connectivity index (χ1) is 14.2. The van der Waals surface area contributed by atoms with Crippen LogP contribution in [0.1, 0.15) is 18.2 Å². The molecular weight excluding hydrogens is 370 g/mol. The second-order valence-corrected chi connectivity index (χ2v) is 8.05. The maximum absolute atomic E-state index is 12.9. The van der Waals surface area contributed by atoms with E-state index in [0.717, 1.165) is 43.1 Å². The molecular formula is C20H27N7O2. The Kier molecular flexibility index (Phi) is 4.61. The fraction of sp³-hybridized carbons (Fsp3) is 0.600. The molecule has 9 nitrogen and oxygen atoms in total. The van der Waals surface area contributed by atoms with Crippen molar-refractivity contribution in [2.24, 2.45) is 5.92 Å². The van der Waals surface area contributed by atoms with Crippen LogP contribution in [0.15, 0.2) is 12.3 Å². The van der Waals surface area contributed by atoms with Gasteiger partial charge in [0.1, 0.15) is 5.82 Å². The maximum atomic E-state index is 12.9. The maximum Gasteiger partial charge on any atom is 0.242 e. The molecule has 0 aromatic carbocycles. The summed E-state index contributed by atoms with van der Waals surface area (Å²) >= 11 is 0. The molecule has 0 aliphatic carbocycles. The smallest absolute Gasteiger partial charge is 0.242 e. The van der Waals surface area contributed by atoms with Crippen molar-refractivity contribution in [1.82, 2.24) is 29.7 Å². The number of carbonyl (C=O) groups is 2. The molecule has 1 N–H and O–H groups in total. The summed E-state index contributed by atoms with van der Waals surface area (Å²) in [6, 6.07) is 1.93. The van der Waals surface area contributed by atoms with Crippen molar-refractivity contribution in [2.45, 2.75) is 19.8 Å². The molecule has 9 heteroatoms. The zero-order valence-electron chi connectivity index (χ0n) is 16.8. The molecule has 0 atom stereocenters. The Morgan fingerprint density at radius 1 is 1.24 bits per heavy atom. The second kappa shape index (κ2) is 7.29. The summed E-state index contributed by atoms with van der Waals surface area (Å²) in [4.78, 5) is 35.7. The third kappa shape index (κ3) is 3.13. The summed E-state index contributed by atoms with van der Waals surface area (Å²) in [5.41, 5.74) is 3.23. The predicted molar refractivity (Wildman–Crippen MR) is 108 cm³/mol. The fourth-order valence-corrected chi connectivity index (χ4v) is 4.64. The van der Waals surface area contributed by atoms with Gasteiger partial charge in [0.15, 0.2) is 5.65 Å². The molecule has 5 heterocycles. The van der Waals surface area contributed by atoms with Crippen LogP contribution in [0.25, 0.3) is 5.65 Å². The van der Waals surface area contributed by atoms with Gasteiger partial charge in [0.25, 0.3) is 0 Å². The van der Waals surface area contributed by atoms with Crippen molar-refractivity contribution in [3.05, 3.63) is 23.5 Å². The van der Waals surface area contributed by atoms with Crippen LogP contribution in [0.5, 0.6) is 0 Å². The summed E-state index contributed by atoms with van der Waals surface area (Å²) < 4.78 is 1.91. The SMILES string of the molecule is CCN1CCN(C(=O)C2CN(c3c4c(nc5ccnn35)CCNCC4)C2)CC1=O. The molecule has 0 radical (unpaired) electrons. The molecule has 2 amide bonds. The Labute approximate surface area is 169 Å². The van der Waals surface area contributed by atoms with Crippen LogP contribution >= 0.6 is 0 Å². The highest BCUT2D eigenvalue weighted by Gasteiger charge is 2.39. The molecule has 2 aromatic heterocycles. The van der Waals surface area contributed by atoms with Crippen molar-refractivity contribution >= 4 is 23.3 Å². The van der Waals surface area contributed by atoms with Gasteiger partial charge < -0.3 is 20.0 Å². The van der Waals surface area contributed by atoms with E-state index >= 15 is 0 Å². The monoisotopic (exact) mass is 397 g/mol. The number of fused-ring (bicyclic) bond motifs is 2. The molecule has 154 valence electrons. The Balaban J connectivity index is 1.34. The van der Waals surface area contributed by atoms with Crippen molar-refractivity contribution in [2.75, 3.05) is 57.3 Å². The van der Waals surface area contributed by atoms with Crippen molar-refractivity contribution < 1.29 is 9.59 Å². The van der Waals surface area contributed by atoms with E-state index in [2.05, 4.69) is 15.3 Å². The molecule has 5 rings (SSSR count). The molecule has 3 aliphatic rings. The van der Waals surface area contributed by atoms with Gasteiger partial charge in [-0.1, -0.05) is 0 Å². The number of rotatable bonds is 3. The van der Waals surface area contributed by atoms with E-state index in [1.54, 1.807) is 11.1 Å². The molecule has 0 spiro atoms. The van der Waals surface area contributed by atoms with Gasteiger partial charge >= 0.3 is 0 Å². The van der Waals surface area contributed by atoms with Crippen molar-refractivity contribution in [1.29, 1.82) is 0 Å². The van der Waals surface area contributed by atoms with Crippen molar-refractivity contribution in [3.8, 4) is 0 Å². The summed E-state index contributed by atoms with van der Waals surface area (Å²) in [5, 5.41) is 7.93. The van der Waals surface area contributed by atoms with Gasteiger partial charge in [-0.2, -0.15) is 9.61 Å². The standard InChI is InChI=1S/C20H27N7O2/c1-2-24-9-10-25(13-18(24)28)20(29)14-11-26(12-14)19-15-3-6-21-7-4-16(15)23-17-5-8-22-27(17)19/h5,8,14,21H,2-4,6-7,9-13H2,1H3. The molecule has 2 aromatic rings. The van der Waals surface area contributed by atoms with Gasteiger partial charge in [-0.15, -0.1) is 0 Å². The minimum atomic E-state index is -0.0608. The van der Waals surface area contributed by atoms with Crippen LogP contribution in [-0.2, 0) is 22.4 Å². The summed E-state index contributed by atoms with van der Waals surface area (Å²) in [6.07, 6.45) is 3.60. The number of anilines is 1. The van der Waals surface area contributed by atoms with Gasteiger partial charge in [-0.05, 0) is 19.9 Å². The molecule has 0 unspecified atom stereocenters. The highest BCUT2D eigenvalue weighted by molar-refractivity contribution is 5.88. The fourth-order valence-electron chi connectivity index (χ4n) is 4.64. The number of likely N-dealkylation sites (N-methyl/N-ethyl adjacent to an activating group) is 1. The van der Waals surface area contributed by atoms with Gasteiger partial charge in [0.05, 0.1) is 24.4 Å². The van der Waals surface area contributed by atoms with Crippen LogP contribution in [0, 0.1) is 5.92 Å². The van der Waals surface area contributed by atoms with Crippen LogP contribution in [-0.4, -0.2) is 88.6 Å². The van der Waals surface area contributed by atoms with Crippen LogP contribution in [0.3, 0.4) is 0 Å². The van der Waals surface area contributed by atoms with Crippen molar-refractivity contribution in [3.63, 3.8) is 0 Å². The Morgan fingerprint density at radius 3 is 2.86 bits per heavy atom. The minimum Gasteiger partial charge on any atom is -0.354 e. The number of amides is 2. The third-order valence-corrected chi connectivity index (χ3v) is 6.32. The predicted octanol–water partition coefficient (Wildman–Crippen LogP) is -0.456. The number of nitrogens with one attached hydrogen (secondary N) is 1. The number of piperazine rings is 1. The van der Waals surface area contributed by atoms with E-state index < -0.39 is 0 Å². The van der Waals surface area contributed by atoms with E-state index in [4.69, 9.17) is 4.98 Å². The number of nitrogens with zero attached hydrogens (tertiary/aromatic N) is 6. The first-order valence-electron chi connectivity index (χ1n) is 10.5. The highest BCUT2D eigenvalue weighted by atomic mass is 16.2. The average Bonchev–Trinajstić information content (AvgIpc) is 3.03. The van der Waals surface area contributed by atoms with E-state index in [1.165, 1.54) is 5.56 Å². The normalized spacial score (nSPS) is 20.6. The number of carbonyl (C=O) groups excluding carboxylic acids is 2. The lowest BCUT2D eigenvalue weighted by molar-refractivity contribution is -0.147. The topological polar surface area (TPSA) is 86.1 Å². The number of hydrogen-bond donors (Lipinski definition) is 1. The van der Waals surface area contributed by atoms with E-state index in [-0.39, 0.29) is 24.3 Å². The van der Waals surface area contributed by atoms with Crippen LogP contribution < -0.4 is 10.2 Å². The molecule has 29 heavy (non-hydrogen) atoms. The molecule has 0 saturated carbocycles. The molecule has 2 fully saturated rings. The van der Waals surface area contributed by atoms with Gasteiger partial charge in [-0.25, -0.2) is 4.98 Å². The first-order valence-corrected chi connectivity index (χ1v) is 10.5. The number of hydrogen-bond acceptors (Lipinski definition) is 6. The lowest BCUT2D eigenvalue weighted by Crippen LogP contribution is -2.59. The highest BCUT2D eigenvalue weighted by Crippen LogP contribution is 2.32. The zero-order chi connectivity index (χ0) is 20.0. The van der Waals surface area contributed by atoms with Gasteiger partial charge in [0, 0.05) is 57.3 Å². The Hall–Kier alpha value is -2.68. The van der Waals surface area contributed by atoms with Crippen LogP contribution in [0.4, 0.5) is 5.82 Å². The van der Waals surface area contributed by atoms with Gasteiger partial charge in [-0.3, -0.25) is 9.59 Å². The second-order valence-electron chi connectivity index (χ2n) is 8.05. The lowest BCUT2D eigenvalue weighted by Gasteiger charge is -2.44. The van der Waals surface area contributed by atoms with E-state index in [1.807, 2.05) is 22.4 Å². The minimum absolute atomic E-state index is 0.0495. The summed E-state index contributed by atoms with van der Waals surface area (Å²) in [5.74, 6) is 1.17. The van der Waals surface area contributed by atoms with E-state index in [0.29, 0.717) is 32.7 Å². The summed E-state index contributed by atoms with van der Waals surface area (Å²) in [7, 11) is 0. The van der Waals surface area contributed by atoms with E-state index in [9.17, 15) is 9.59 Å². The van der Waals surface area contributed by atoms with Gasteiger partial charge in [0.2, 0.25) is 11.8 Å². The lowest BCUT2D eigenvalue weighted by atomic mass is 9.96. The third-order valence-electron chi connectivity index (χ3n) is 6.32. The Morgan fingerprint density at radius 2 is 2.07 bits per heavy atom.